The molecule has 5 nitrogen and oxygen atoms in total. The molecule has 0 aliphatic rings. The summed E-state index contributed by atoms with van der Waals surface area (Å²) in [6.45, 7) is 1.72. The number of anilines is 1. The number of rotatable bonds is 2. The van der Waals surface area contributed by atoms with Crippen molar-refractivity contribution in [2.24, 2.45) is 0 Å². The quantitative estimate of drug-likeness (QED) is 0.820. The van der Waals surface area contributed by atoms with Crippen molar-refractivity contribution in [1.82, 2.24) is 9.88 Å². The van der Waals surface area contributed by atoms with Crippen LogP contribution >= 0.6 is 0 Å². The second kappa shape index (κ2) is 4.52. The van der Waals surface area contributed by atoms with Crippen molar-refractivity contribution >= 4 is 11.6 Å². The number of hydrogen-bond acceptors (Lipinski definition) is 4. The lowest BCUT2D eigenvalue weighted by molar-refractivity contribution is 0.0821. The number of nitrogens with zero attached hydrogens (tertiary/aromatic N) is 2. The zero-order chi connectivity index (χ0) is 13.3. The predicted molar refractivity (Wildman–Crippen MR) is 69.1 cm³/mol. The average molecular weight is 245 g/mol. The van der Waals surface area contributed by atoms with Crippen LogP contribution in [0.4, 0.5) is 5.69 Å². The smallest absolute Gasteiger partial charge is 0.275 e. The van der Waals surface area contributed by atoms with E-state index < -0.39 is 0 Å². The van der Waals surface area contributed by atoms with E-state index in [1.54, 1.807) is 33.2 Å². The Labute approximate surface area is 105 Å². The molecule has 0 radical (unpaired) electrons. The number of carbonyl (C=O) groups excluding carboxylic acids is 1. The molecule has 2 aromatic rings. The number of hydrogen-bond donors (Lipinski definition) is 1. The lowest BCUT2D eigenvalue weighted by Gasteiger charge is -2.06. The summed E-state index contributed by atoms with van der Waals surface area (Å²) in [5.41, 5.74) is 7.42. The van der Waals surface area contributed by atoms with Crippen LogP contribution in [0.15, 0.2) is 28.7 Å². The molecule has 0 aliphatic heterocycles. The molecule has 1 aromatic heterocycles. The molecule has 2 N–H and O–H groups in total. The maximum absolute atomic E-state index is 11.9. The van der Waals surface area contributed by atoms with E-state index in [2.05, 4.69) is 4.98 Å². The third-order valence-electron chi connectivity index (χ3n) is 2.54. The SMILES string of the molecule is Cc1oc(-c2cccc(N)c2)nc1C(=O)N(C)C. The molecule has 18 heavy (non-hydrogen) atoms. The Hall–Kier alpha value is -2.30. The van der Waals surface area contributed by atoms with Gasteiger partial charge in [0.1, 0.15) is 5.76 Å². The van der Waals surface area contributed by atoms with Gasteiger partial charge >= 0.3 is 0 Å². The van der Waals surface area contributed by atoms with Gasteiger partial charge in [-0.1, -0.05) is 6.07 Å². The number of aromatic nitrogens is 1. The summed E-state index contributed by atoms with van der Waals surface area (Å²) in [5, 5.41) is 0. The fraction of sp³-hybridized carbons (Fsp3) is 0.231. The Morgan fingerprint density at radius 2 is 2.11 bits per heavy atom. The van der Waals surface area contributed by atoms with Crippen LogP contribution in [-0.4, -0.2) is 29.9 Å². The first-order valence-corrected chi connectivity index (χ1v) is 5.54. The van der Waals surface area contributed by atoms with Crippen molar-refractivity contribution in [3.05, 3.63) is 35.7 Å². The first kappa shape index (κ1) is 12.2. The van der Waals surface area contributed by atoms with Gasteiger partial charge in [0.15, 0.2) is 5.69 Å². The summed E-state index contributed by atoms with van der Waals surface area (Å²) in [7, 11) is 3.35. The Kier molecular flexibility index (Phi) is 3.06. The molecule has 0 aliphatic carbocycles. The van der Waals surface area contributed by atoms with E-state index in [4.69, 9.17) is 10.2 Å². The van der Waals surface area contributed by atoms with E-state index in [-0.39, 0.29) is 5.91 Å². The highest BCUT2D eigenvalue weighted by atomic mass is 16.4. The van der Waals surface area contributed by atoms with Crippen LogP contribution in [0.3, 0.4) is 0 Å². The number of nitrogens with two attached hydrogens (primary N) is 1. The minimum atomic E-state index is -0.175. The lowest BCUT2D eigenvalue weighted by Crippen LogP contribution is -2.22. The molecule has 1 amide bonds. The summed E-state index contributed by atoms with van der Waals surface area (Å²) in [6.07, 6.45) is 0. The van der Waals surface area contributed by atoms with Gasteiger partial charge in [-0.25, -0.2) is 4.98 Å². The monoisotopic (exact) mass is 245 g/mol. The molecule has 1 heterocycles. The highest BCUT2D eigenvalue weighted by Crippen LogP contribution is 2.23. The van der Waals surface area contributed by atoms with Crippen LogP contribution in [-0.2, 0) is 0 Å². The van der Waals surface area contributed by atoms with Gasteiger partial charge in [0, 0.05) is 25.3 Å². The molecule has 0 unspecified atom stereocenters. The maximum Gasteiger partial charge on any atom is 0.275 e. The van der Waals surface area contributed by atoms with Crippen molar-refractivity contribution in [3.8, 4) is 11.5 Å². The third-order valence-corrected chi connectivity index (χ3v) is 2.54. The number of oxazole rings is 1. The van der Waals surface area contributed by atoms with Crippen molar-refractivity contribution in [2.45, 2.75) is 6.92 Å². The molecule has 0 spiro atoms. The van der Waals surface area contributed by atoms with Crippen molar-refractivity contribution in [2.75, 3.05) is 19.8 Å². The summed E-state index contributed by atoms with van der Waals surface area (Å²) >= 11 is 0. The van der Waals surface area contributed by atoms with Crippen LogP contribution in [0.25, 0.3) is 11.5 Å². The lowest BCUT2D eigenvalue weighted by atomic mass is 10.2. The van der Waals surface area contributed by atoms with Gasteiger partial charge in [-0.05, 0) is 25.1 Å². The van der Waals surface area contributed by atoms with E-state index in [1.165, 1.54) is 4.90 Å². The van der Waals surface area contributed by atoms with E-state index in [0.29, 0.717) is 23.0 Å². The average Bonchev–Trinajstić information content (AvgIpc) is 2.70. The van der Waals surface area contributed by atoms with E-state index >= 15 is 0 Å². The van der Waals surface area contributed by atoms with Crippen LogP contribution in [0, 0.1) is 6.92 Å². The molecular formula is C13H15N3O2. The second-order valence-corrected chi connectivity index (χ2v) is 4.25. The normalized spacial score (nSPS) is 10.4. The Balaban J connectivity index is 2.43. The number of nitrogen functional groups attached to an aromatic ring is 1. The minimum absolute atomic E-state index is 0.175. The van der Waals surface area contributed by atoms with E-state index in [0.717, 1.165) is 5.56 Å². The van der Waals surface area contributed by atoms with Crippen LogP contribution < -0.4 is 5.73 Å². The number of aryl methyl sites for hydroxylation is 1. The first-order valence-electron chi connectivity index (χ1n) is 5.54. The molecule has 0 saturated heterocycles. The third kappa shape index (κ3) is 2.20. The molecular weight excluding hydrogens is 230 g/mol. The largest absolute Gasteiger partial charge is 0.441 e. The van der Waals surface area contributed by atoms with Crippen molar-refractivity contribution in [3.63, 3.8) is 0 Å². The summed E-state index contributed by atoms with van der Waals surface area (Å²) < 4.78 is 5.51. The minimum Gasteiger partial charge on any atom is -0.441 e. The number of carbonyl (C=O) groups is 1. The molecule has 5 heteroatoms. The van der Waals surface area contributed by atoms with E-state index in [1.807, 2.05) is 12.1 Å². The molecule has 0 bridgehead atoms. The van der Waals surface area contributed by atoms with Gasteiger partial charge in [0.25, 0.3) is 5.91 Å². The maximum atomic E-state index is 11.9. The van der Waals surface area contributed by atoms with E-state index in [9.17, 15) is 4.79 Å². The molecule has 0 atom stereocenters. The summed E-state index contributed by atoms with van der Waals surface area (Å²) in [4.78, 5) is 17.6. The van der Waals surface area contributed by atoms with Crippen molar-refractivity contribution in [1.29, 1.82) is 0 Å². The van der Waals surface area contributed by atoms with Crippen LogP contribution in [0.5, 0.6) is 0 Å². The van der Waals surface area contributed by atoms with Gasteiger partial charge in [-0.3, -0.25) is 4.79 Å². The first-order chi connectivity index (χ1) is 8.49. The fourth-order valence-corrected chi connectivity index (χ4v) is 1.60. The Morgan fingerprint density at radius 3 is 2.72 bits per heavy atom. The number of benzene rings is 1. The molecule has 0 fully saturated rings. The van der Waals surface area contributed by atoms with Gasteiger partial charge in [0.05, 0.1) is 0 Å². The van der Waals surface area contributed by atoms with Crippen molar-refractivity contribution < 1.29 is 9.21 Å². The van der Waals surface area contributed by atoms with Gasteiger partial charge in [-0.2, -0.15) is 0 Å². The van der Waals surface area contributed by atoms with Gasteiger partial charge in [-0.15, -0.1) is 0 Å². The molecule has 1 aromatic carbocycles. The highest BCUT2D eigenvalue weighted by molar-refractivity contribution is 5.93. The predicted octanol–water partition coefficient (Wildman–Crippen LogP) is 1.93. The highest BCUT2D eigenvalue weighted by Gasteiger charge is 2.19. The summed E-state index contributed by atoms with van der Waals surface area (Å²) in [5.74, 6) is 0.738. The molecule has 0 saturated carbocycles. The zero-order valence-electron chi connectivity index (χ0n) is 10.6. The second-order valence-electron chi connectivity index (χ2n) is 4.25. The topological polar surface area (TPSA) is 72.4 Å². The van der Waals surface area contributed by atoms with Crippen LogP contribution in [0.2, 0.25) is 0 Å². The number of amides is 1. The van der Waals surface area contributed by atoms with Crippen LogP contribution in [0.1, 0.15) is 16.2 Å². The standard InChI is InChI=1S/C13H15N3O2/c1-8-11(13(17)16(2)3)15-12(18-8)9-5-4-6-10(14)7-9/h4-7H,14H2,1-3H3. The zero-order valence-corrected chi connectivity index (χ0v) is 10.6. The Morgan fingerprint density at radius 1 is 1.39 bits per heavy atom. The van der Waals surface area contributed by atoms with Gasteiger partial charge in [0.2, 0.25) is 5.89 Å². The molecule has 94 valence electrons. The molecule has 2 rings (SSSR count). The van der Waals surface area contributed by atoms with Gasteiger partial charge < -0.3 is 15.1 Å². The fourth-order valence-electron chi connectivity index (χ4n) is 1.60. The Bertz CT molecular complexity index is 588. The summed E-state index contributed by atoms with van der Waals surface area (Å²) in [6, 6.07) is 7.20.